The lowest BCUT2D eigenvalue weighted by Crippen LogP contribution is -2.37. The van der Waals surface area contributed by atoms with Crippen molar-refractivity contribution in [1.82, 2.24) is 10.0 Å². The highest BCUT2D eigenvalue weighted by atomic mass is 32.2. The monoisotopic (exact) mass is 195 g/mol. The van der Waals surface area contributed by atoms with Crippen LogP contribution in [0.4, 0.5) is 0 Å². The minimum Gasteiger partial charge on any atom is -0.354 e. The Labute approximate surface area is 71.6 Å². The van der Waals surface area contributed by atoms with Crippen molar-refractivity contribution in [1.29, 1.82) is 0 Å². The van der Waals surface area contributed by atoms with Crippen molar-refractivity contribution in [2.24, 2.45) is 5.73 Å². The lowest BCUT2D eigenvalue weighted by Gasteiger charge is -2.03. The van der Waals surface area contributed by atoms with Crippen LogP contribution < -0.4 is 15.8 Å². The Morgan fingerprint density at radius 2 is 2.00 bits per heavy atom. The number of carbonyl (C=O) groups excluding carboxylic acids is 1. The molecular formula is C5H13N3O3S. The van der Waals surface area contributed by atoms with E-state index >= 15 is 0 Å². The van der Waals surface area contributed by atoms with Gasteiger partial charge in [-0.3, -0.25) is 4.79 Å². The van der Waals surface area contributed by atoms with Gasteiger partial charge < -0.3 is 11.1 Å². The molecule has 72 valence electrons. The molecular weight excluding hydrogens is 182 g/mol. The largest absolute Gasteiger partial charge is 0.354 e. The smallest absolute Gasteiger partial charge is 0.233 e. The third-order valence-electron chi connectivity index (χ3n) is 0.997. The predicted octanol–water partition coefficient (Wildman–Crippen LogP) is -2.39. The van der Waals surface area contributed by atoms with Gasteiger partial charge in [-0.1, -0.05) is 0 Å². The van der Waals surface area contributed by atoms with Crippen molar-refractivity contribution in [3.8, 4) is 0 Å². The molecule has 12 heavy (non-hydrogen) atoms. The molecule has 0 atom stereocenters. The Hall–Kier alpha value is -0.660. The van der Waals surface area contributed by atoms with Crippen LogP contribution in [0.25, 0.3) is 0 Å². The Morgan fingerprint density at radius 1 is 1.42 bits per heavy atom. The summed E-state index contributed by atoms with van der Waals surface area (Å²) in [6, 6.07) is 0. The first kappa shape index (κ1) is 11.3. The van der Waals surface area contributed by atoms with Gasteiger partial charge in [-0.05, 0) is 0 Å². The van der Waals surface area contributed by atoms with Crippen LogP contribution in [0.3, 0.4) is 0 Å². The maximum absolute atomic E-state index is 10.5. The second-order valence-corrected chi connectivity index (χ2v) is 4.05. The fourth-order valence-electron chi connectivity index (χ4n) is 0.511. The van der Waals surface area contributed by atoms with Crippen LogP contribution in [0.1, 0.15) is 0 Å². The summed E-state index contributed by atoms with van der Waals surface area (Å²) >= 11 is 0. The first-order valence-electron chi connectivity index (χ1n) is 3.37. The second-order valence-electron chi connectivity index (χ2n) is 2.22. The van der Waals surface area contributed by atoms with Gasteiger partial charge in [-0.2, -0.15) is 0 Å². The van der Waals surface area contributed by atoms with Crippen LogP contribution in [0.15, 0.2) is 0 Å². The fourth-order valence-corrected chi connectivity index (χ4v) is 0.983. The van der Waals surface area contributed by atoms with Crippen molar-refractivity contribution in [3.63, 3.8) is 0 Å². The number of sulfonamides is 1. The molecule has 0 aromatic carbocycles. The van der Waals surface area contributed by atoms with E-state index in [1.807, 2.05) is 0 Å². The first-order valence-corrected chi connectivity index (χ1v) is 5.26. The van der Waals surface area contributed by atoms with Gasteiger partial charge in [0, 0.05) is 13.1 Å². The van der Waals surface area contributed by atoms with Crippen LogP contribution in [0, 0.1) is 0 Å². The zero-order valence-electron chi connectivity index (χ0n) is 6.83. The van der Waals surface area contributed by atoms with Gasteiger partial charge in [0.05, 0.1) is 12.8 Å². The predicted molar refractivity (Wildman–Crippen MR) is 44.9 cm³/mol. The van der Waals surface area contributed by atoms with Crippen molar-refractivity contribution >= 4 is 15.9 Å². The number of rotatable bonds is 5. The first-order chi connectivity index (χ1) is 5.45. The summed E-state index contributed by atoms with van der Waals surface area (Å²) in [6.07, 6.45) is 1.05. The van der Waals surface area contributed by atoms with E-state index in [-0.39, 0.29) is 25.5 Å². The number of carbonyl (C=O) groups is 1. The molecule has 4 N–H and O–H groups in total. The third kappa shape index (κ3) is 7.45. The van der Waals surface area contributed by atoms with E-state index in [9.17, 15) is 13.2 Å². The molecule has 0 unspecified atom stereocenters. The number of nitrogens with two attached hydrogens (primary N) is 1. The number of nitrogens with one attached hydrogen (secondary N) is 2. The summed E-state index contributed by atoms with van der Waals surface area (Å²) in [5.74, 6) is -0.301. The third-order valence-corrected chi connectivity index (χ3v) is 1.73. The summed E-state index contributed by atoms with van der Waals surface area (Å²) in [6.45, 7) is 0.354. The molecule has 0 saturated carbocycles. The van der Waals surface area contributed by atoms with Crippen molar-refractivity contribution in [3.05, 3.63) is 0 Å². The summed E-state index contributed by atoms with van der Waals surface area (Å²) in [7, 11) is -3.16. The molecule has 0 saturated heterocycles. The molecule has 0 rings (SSSR count). The van der Waals surface area contributed by atoms with Crippen LogP contribution in [0.2, 0.25) is 0 Å². The molecule has 6 nitrogen and oxygen atoms in total. The van der Waals surface area contributed by atoms with E-state index < -0.39 is 10.0 Å². The fraction of sp³-hybridized carbons (Fsp3) is 0.800. The second kappa shape index (κ2) is 5.07. The topological polar surface area (TPSA) is 101 Å². The van der Waals surface area contributed by atoms with Gasteiger partial charge in [-0.15, -0.1) is 0 Å². The van der Waals surface area contributed by atoms with E-state index in [0.29, 0.717) is 0 Å². The van der Waals surface area contributed by atoms with Crippen LogP contribution in [-0.2, 0) is 14.8 Å². The van der Waals surface area contributed by atoms with E-state index in [2.05, 4.69) is 10.0 Å². The Morgan fingerprint density at radius 3 is 2.42 bits per heavy atom. The maximum atomic E-state index is 10.5. The highest BCUT2D eigenvalue weighted by Gasteiger charge is 1.99. The number of hydrogen-bond acceptors (Lipinski definition) is 4. The van der Waals surface area contributed by atoms with E-state index in [0.717, 1.165) is 6.26 Å². The molecule has 7 heteroatoms. The van der Waals surface area contributed by atoms with Gasteiger partial charge in [0.2, 0.25) is 15.9 Å². The average Bonchev–Trinajstić information content (AvgIpc) is 1.96. The van der Waals surface area contributed by atoms with E-state index in [1.165, 1.54) is 0 Å². The normalized spacial score (nSPS) is 11.2. The summed E-state index contributed by atoms with van der Waals surface area (Å²) in [4.78, 5) is 10.5. The molecule has 0 radical (unpaired) electrons. The molecule has 0 aliphatic carbocycles. The number of amides is 1. The molecule has 0 heterocycles. The summed E-state index contributed by atoms with van der Waals surface area (Å²) < 4.78 is 23.2. The molecule has 0 fully saturated rings. The SMILES string of the molecule is CS(=O)(=O)NCCNC(=O)CN. The van der Waals surface area contributed by atoms with E-state index in [1.54, 1.807) is 0 Å². The van der Waals surface area contributed by atoms with Crippen molar-refractivity contribution in [2.45, 2.75) is 0 Å². The van der Waals surface area contributed by atoms with Gasteiger partial charge >= 0.3 is 0 Å². The van der Waals surface area contributed by atoms with Crippen LogP contribution >= 0.6 is 0 Å². The van der Waals surface area contributed by atoms with Gasteiger partial charge in [-0.25, -0.2) is 13.1 Å². The standard InChI is InChI=1S/C5H13N3O3S/c1-12(10,11)8-3-2-7-5(9)4-6/h8H,2-4,6H2,1H3,(H,7,9). The van der Waals surface area contributed by atoms with Gasteiger partial charge in [0.25, 0.3) is 0 Å². The van der Waals surface area contributed by atoms with Crippen LogP contribution in [0.5, 0.6) is 0 Å². The summed E-state index contributed by atoms with van der Waals surface area (Å²) in [5, 5.41) is 2.41. The van der Waals surface area contributed by atoms with Crippen molar-refractivity contribution in [2.75, 3.05) is 25.9 Å². The highest BCUT2D eigenvalue weighted by Crippen LogP contribution is 1.70. The van der Waals surface area contributed by atoms with E-state index in [4.69, 9.17) is 5.73 Å². The quantitative estimate of drug-likeness (QED) is 0.426. The molecule has 0 aliphatic rings. The molecule has 0 spiro atoms. The van der Waals surface area contributed by atoms with Crippen molar-refractivity contribution < 1.29 is 13.2 Å². The Kier molecular flexibility index (Phi) is 4.79. The zero-order valence-corrected chi connectivity index (χ0v) is 7.65. The summed E-state index contributed by atoms with van der Waals surface area (Å²) in [5.41, 5.74) is 4.99. The Bertz CT molecular complexity index is 236. The zero-order chi connectivity index (χ0) is 9.61. The minimum absolute atomic E-state index is 0.0844. The van der Waals surface area contributed by atoms with Crippen LogP contribution in [-0.4, -0.2) is 40.2 Å². The maximum Gasteiger partial charge on any atom is 0.233 e. The molecule has 0 aliphatic heterocycles. The molecule has 1 amide bonds. The lowest BCUT2D eigenvalue weighted by molar-refractivity contribution is -0.119. The molecule has 0 bridgehead atoms. The number of hydrogen-bond donors (Lipinski definition) is 3. The average molecular weight is 195 g/mol. The molecule has 0 aromatic heterocycles. The van der Waals surface area contributed by atoms with Gasteiger partial charge in [0.15, 0.2) is 0 Å². The Balaban J connectivity index is 3.40. The molecule has 0 aromatic rings. The highest BCUT2D eigenvalue weighted by molar-refractivity contribution is 7.88. The van der Waals surface area contributed by atoms with Gasteiger partial charge in [0.1, 0.15) is 0 Å². The minimum atomic E-state index is -3.16. The lowest BCUT2D eigenvalue weighted by atomic mass is 10.5.